The fourth-order valence-corrected chi connectivity index (χ4v) is 2.32. The van der Waals surface area contributed by atoms with Crippen molar-refractivity contribution in [2.75, 3.05) is 17.2 Å². The van der Waals surface area contributed by atoms with Gasteiger partial charge in [0, 0.05) is 16.4 Å². The van der Waals surface area contributed by atoms with Gasteiger partial charge < -0.3 is 10.6 Å². The highest BCUT2D eigenvalue weighted by Gasteiger charge is 2.07. The van der Waals surface area contributed by atoms with Crippen LogP contribution in [0.3, 0.4) is 0 Å². The third kappa shape index (κ3) is 4.44. The molecular formula is C15H13BrClFN2O. The minimum Gasteiger partial charge on any atom is -0.376 e. The summed E-state index contributed by atoms with van der Waals surface area (Å²) in [5.41, 5.74) is 2.06. The van der Waals surface area contributed by atoms with Gasteiger partial charge in [-0.15, -0.1) is 0 Å². The number of carbonyl (C=O) groups excluding carboxylic acids is 1. The molecule has 0 aliphatic heterocycles. The number of halogens is 3. The molecule has 0 fully saturated rings. The van der Waals surface area contributed by atoms with Gasteiger partial charge in [-0.2, -0.15) is 0 Å². The van der Waals surface area contributed by atoms with Gasteiger partial charge in [0.15, 0.2) is 0 Å². The van der Waals surface area contributed by atoms with E-state index in [1.165, 1.54) is 6.07 Å². The van der Waals surface area contributed by atoms with Gasteiger partial charge in [-0.3, -0.25) is 4.79 Å². The highest BCUT2D eigenvalue weighted by molar-refractivity contribution is 9.10. The summed E-state index contributed by atoms with van der Waals surface area (Å²) in [6.07, 6.45) is 0. The van der Waals surface area contributed by atoms with E-state index in [0.717, 1.165) is 5.56 Å². The van der Waals surface area contributed by atoms with Gasteiger partial charge in [-0.25, -0.2) is 4.39 Å². The minimum atomic E-state index is -0.332. The van der Waals surface area contributed by atoms with E-state index in [9.17, 15) is 9.18 Å². The molecule has 0 aliphatic carbocycles. The lowest BCUT2D eigenvalue weighted by molar-refractivity contribution is -0.114. The number of aryl methyl sites for hydroxylation is 1. The van der Waals surface area contributed by atoms with Crippen molar-refractivity contribution in [2.45, 2.75) is 6.92 Å². The first-order chi connectivity index (χ1) is 9.95. The van der Waals surface area contributed by atoms with Crippen LogP contribution in [0.2, 0.25) is 5.02 Å². The van der Waals surface area contributed by atoms with Crippen LogP contribution in [0.25, 0.3) is 0 Å². The Hall–Kier alpha value is -1.59. The summed E-state index contributed by atoms with van der Waals surface area (Å²) in [7, 11) is 0. The summed E-state index contributed by atoms with van der Waals surface area (Å²) in [4.78, 5) is 11.9. The molecule has 2 aromatic rings. The number of rotatable bonds is 4. The summed E-state index contributed by atoms with van der Waals surface area (Å²) >= 11 is 8.97. The van der Waals surface area contributed by atoms with Gasteiger partial charge in [0.2, 0.25) is 5.91 Å². The minimum absolute atomic E-state index is 0.0748. The van der Waals surface area contributed by atoms with Crippen molar-refractivity contribution in [3.05, 3.63) is 57.3 Å². The lowest BCUT2D eigenvalue weighted by atomic mass is 10.2. The molecule has 21 heavy (non-hydrogen) atoms. The largest absolute Gasteiger partial charge is 0.376 e. The predicted octanol–water partition coefficient (Wildman–Crippen LogP) is 4.60. The zero-order valence-electron chi connectivity index (χ0n) is 11.2. The molecule has 2 N–H and O–H groups in total. The number of hydrogen-bond acceptors (Lipinski definition) is 2. The lowest BCUT2D eigenvalue weighted by Crippen LogP contribution is -2.22. The second kappa shape index (κ2) is 6.91. The van der Waals surface area contributed by atoms with E-state index in [0.29, 0.717) is 20.9 Å². The average Bonchev–Trinajstić information content (AvgIpc) is 2.41. The Bertz CT molecular complexity index is 679. The predicted molar refractivity (Wildman–Crippen MR) is 87.4 cm³/mol. The van der Waals surface area contributed by atoms with Crippen molar-refractivity contribution in [2.24, 2.45) is 0 Å². The van der Waals surface area contributed by atoms with Crippen LogP contribution in [0.5, 0.6) is 0 Å². The van der Waals surface area contributed by atoms with Crippen LogP contribution in [0, 0.1) is 12.7 Å². The number of hydrogen-bond donors (Lipinski definition) is 2. The van der Waals surface area contributed by atoms with Gasteiger partial charge in [0.25, 0.3) is 0 Å². The van der Waals surface area contributed by atoms with Gasteiger partial charge in [-0.05, 0) is 58.7 Å². The molecule has 0 spiro atoms. The SMILES string of the molecule is Cc1cc(F)c(Br)cc1NCC(=O)Nc1cccc(Cl)c1. The molecule has 0 atom stereocenters. The summed E-state index contributed by atoms with van der Waals surface area (Å²) in [5.74, 6) is -0.543. The lowest BCUT2D eigenvalue weighted by Gasteiger charge is -2.11. The number of nitrogens with one attached hydrogen (secondary N) is 2. The van der Waals surface area contributed by atoms with Crippen molar-refractivity contribution < 1.29 is 9.18 Å². The highest BCUT2D eigenvalue weighted by Crippen LogP contribution is 2.24. The van der Waals surface area contributed by atoms with Gasteiger partial charge >= 0.3 is 0 Å². The maximum Gasteiger partial charge on any atom is 0.243 e. The fourth-order valence-electron chi connectivity index (χ4n) is 1.78. The Balaban J connectivity index is 1.97. The topological polar surface area (TPSA) is 41.1 Å². The number of carbonyl (C=O) groups is 1. The fraction of sp³-hybridized carbons (Fsp3) is 0.133. The van der Waals surface area contributed by atoms with Crippen LogP contribution in [0.15, 0.2) is 40.9 Å². The van der Waals surface area contributed by atoms with Crippen LogP contribution < -0.4 is 10.6 Å². The second-order valence-electron chi connectivity index (χ2n) is 4.49. The van der Waals surface area contributed by atoms with E-state index >= 15 is 0 Å². The smallest absolute Gasteiger partial charge is 0.243 e. The molecule has 2 aromatic carbocycles. The Morgan fingerprint density at radius 1 is 1.33 bits per heavy atom. The van der Waals surface area contributed by atoms with Crippen LogP contribution in [0.4, 0.5) is 15.8 Å². The standard InChI is InChI=1S/C15H13BrClFN2O/c1-9-5-13(18)12(16)7-14(9)19-8-15(21)20-11-4-2-3-10(17)6-11/h2-7,19H,8H2,1H3,(H,20,21). The van der Waals surface area contributed by atoms with Crippen molar-refractivity contribution in [1.82, 2.24) is 0 Å². The molecule has 0 radical (unpaired) electrons. The Kier molecular flexibility index (Phi) is 5.20. The molecule has 1 amide bonds. The van der Waals surface area contributed by atoms with Crippen molar-refractivity contribution >= 4 is 44.8 Å². The molecule has 3 nitrogen and oxygen atoms in total. The summed E-state index contributed by atoms with van der Waals surface area (Å²) in [6.45, 7) is 1.85. The van der Waals surface area contributed by atoms with Gasteiger partial charge in [-0.1, -0.05) is 17.7 Å². The quantitative estimate of drug-likeness (QED) is 0.824. The summed E-state index contributed by atoms with van der Waals surface area (Å²) < 4.78 is 13.7. The van der Waals surface area contributed by atoms with E-state index in [1.807, 2.05) is 0 Å². The molecule has 0 saturated carbocycles. The van der Waals surface area contributed by atoms with Crippen LogP contribution in [-0.4, -0.2) is 12.5 Å². The van der Waals surface area contributed by atoms with Crippen molar-refractivity contribution in [3.8, 4) is 0 Å². The second-order valence-corrected chi connectivity index (χ2v) is 5.78. The van der Waals surface area contributed by atoms with E-state index < -0.39 is 0 Å². The first-order valence-corrected chi connectivity index (χ1v) is 7.38. The molecule has 0 aliphatic rings. The highest BCUT2D eigenvalue weighted by atomic mass is 79.9. The molecule has 0 unspecified atom stereocenters. The van der Waals surface area contributed by atoms with E-state index in [4.69, 9.17) is 11.6 Å². The van der Waals surface area contributed by atoms with Crippen molar-refractivity contribution in [3.63, 3.8) is 0 Å². The van der Waals surface area contributed by atoms with Gasteiger partial charge in [0.1, 0.15) is 5.82 Å². The molecule has 0 heterocycles. The first-order valence-electron chi connectivity index (χ1n) is 6.20. The maximum atomic E-state index is 13.3. The average molecular weight is 372 g/mol. The zero-order valence-corrected chi connectivity index (χ0v) is 13.6. The summed E-state index contributed by atoms with van der Waals surface area (Å²) in [5, 5.41) is 6.26. The number of benzene rings is 2. The third-order valence-electron chi connectivity index (χ3n) is 2.82. The molecule has 110 valence electrons. The summed E-state index contributed by atoms with van der Waals surface area (Å²) in [6, 6.07) is 9.92. The first kappa shape index (κ1) is 15.8. The van der Waals surface area contributed by atoms with E-state index in [-0.39, 0.29) is 18.3 Å². The molecular weight excluding hydrogens is 359 g/mol. The number of anilines is 2. The normalized spacial score (nSPS) is 10.3. The molecule has 0 saturated heterocycles. The van der Waals surface area contributed by atoms with Crippen LogP contribution in [-0.2, 0) is 4.79 Å². The molecule has 0 bridgehead atoms. The van der Waals surface area contributed by atoms with Gasteiger partial charge in [0.05, 0.1) is 11.0 Å². The number of amides is 1. The van der Waals surface area contributed by atoms with E-state index in [1.54, 1.807) is 37.3 Å². The Morgan fingerprint density at radius 3 is 2.81 bits per heavy atom. The third-order valence-corrected chi connectivity index (χ3v) is 3.66. The maximum absolute atomic E-state index is 13.3. The Labute approximate surface area is 135 Å². The zero-order chi connectivity index (χ0) is 15.4. The molecule has 0 aromatic heterocycles. The van der Waals surface area contributed by atoms with Crippen LogP contribution >= 0.6 is 27.5 Å². The van der Waals surface area contributed by atoms with Crippen molar-refractivity contribution in [1.29, 1.82) is 0 Å². The Morgan fingerprint density at radius 2 is 2.10 bits per heavy atom. The molecule has 2 rings (SSSR count). The van der Waals surface area contributed by atoms with Crippen LogP contribution in [0.1, 0.15) is 5.56 Å². The molecule has 6 heteroatoms. The monoisotopic (exact) mass is 370 g/mol. The van der Waals surface area contributed by atoms with E-state index in [2.05, 4.69) is 26.6 Å².